The van der Waals surface area contributed by atoms with Gasteiger partial charge in [-0.1, -0.05) is 12.1 Å². The first-order valence-corrected chi connectivity index (χ1v) is 7.02. The van der Waals surface area contributed by atoms with Crippen molar-refractivity contribution in [1.29, 1.82) is 0 Å². The standard InChI is InChI=1S/C13H15N3S/c1-2-4-11-10(3-1)13(17-15-11)16-6-5-9-7-14-8-12(9)16/h1-4,9,12,14H,5-8H2/t9-,12+/m0/s1. The molecule has 2 fully saturated rings. The van der Waals surface area contributed by atoms with E-state index in [1.54, 1.807) is 11.5 Å². The fraction of sp³-hybridized carbons (Fsp3) is 0.462. The molecule has 3 heterocycles. The van der Waals surface area contributed by atoms with E-state index >= 15 is 0 Å². The number of hydrogen-bond acceptors (Lipinski definition) is 4. The van der Waals surface area contributed by atoms with E-state index in [9.17, 15) is 0 Å². The van der Waals surface area contributed by atoms with Gasteiger partial charge < -0.3 is 10.2 Å². The van der Waals surface area contributed by atoms with Crippen LogP contribution in [0.5, 0.6) is 0 Å². The summed E-state index contributed by atoms with van der Waals surface area (Å²) in [5.74, 6) is 0.843. The fourth-order valence-electron chi connectivity index (χ4n) is 3.18. The number of rotatable bonds is 1. The molecule has 2 saturated heterocycles. The molecule has 0 aliphatic carbocycles. The van der Waals surface area contributed by atoms with Crippen LogP contribution in [0.15, 0.2) is 24.3 Å². The van der Waals surface area contributed by atoms with Gasteiger partial charge in [0.2, 0.25) is 0 Å². The monoisotopic (exact) mass is 245 g/mol. The molecular formula is C13H15N3S. The van der Waals surface area contributed by atoms with E-state index in [-0.39, 0.29) is 0 Å². The van der Waals surface area contributed by atoms with Crippen molar-refractivity contribution in [3.05, 3.63) is 24.3 Å². The van der Waals surface area contributed by atoms with Gasteiger partial charge >= 0.3 is 0 Å². The zero-order valence-electron chi connectivity index (χ0n) is 9.60. The first kappa shape index (κ1) is 9.85. The highest BCUT2D eigenvalue weighted by Crippen LogP contribution is 2.38. The van der Waals surface area contributed by atoms with Crippen LogP contribution in [-0.2, 0) is 0 Å². The normalized spacial score (nSPS) is 27.9. The van der Waals surface area contributed by atoms with Gasteiger partial charge in [-0.3, -0.25) is 0 Å². The molecule has 17 heavy (non-hydrogen) atoms. The summed E-state index contributed by atoms with van der Waals surface area (Å²) in [6.07, 6.45) is 1.32. The van der Waals surface area contributed by atoms with Crippen molar-refractivity contribution in [3.8, 4) is 0 Å². The van der Waals surface area contributed by atoms with Crippen molar-refractivity contribution in [2.24, 2.45) is 5.92 Å². The number of nitrogens with zero attached hydrogens (tertiary/aromatic N) is 2. The molecule has 2 atom stereocenters. The molecule has 1 aromatic carbocycles. The third-order valence-electron chi connectivity index (χ3n) is 4.07. The number of hydrogen-bond donors (Lipinski definition) is 1. The van der Waals surface area contributed by atoms with Crippen molar-refractivity contribution in [2.45, 2.75) is 12.5 Å². The molecule has 4 heteroatoms. The molecule has 0 unspecified atom stereocenters. The van der Waals surface area contributed by atoms with Crippen molar-refractivity contribution in [3.63, 3.8) is 0 Å². The Balaban J connectivity index is 1.79. The first-order valence-electron chi connectivity index (χ1n) is 6.25. The Bertz CT molecular complexity index is 550. The van der Waals surface area contributed by atoms with Crippen LogP contribution >= 0.6 is 11.5 Å². The van der Waals surface area contributed by atoms with Crippen LogP contribution in [0.2, 0.25) is 0 Å². The summed E-state index contributed by atoms with van der Waals surface area (Å²) in [5, 5.41) is 6.20. The van der Waals surface area contributed by atoms with E-state index in [2.05, 4.69) is 38.9 Å². The lowest BCUT2D eigenvalue weighted by Gasteiger charge is -2.23. The lowest BCUT2D eigenvalue weighted by atomic mass is 10.1. The summed E-state index contributed by atoms with van der Waals surface area (Å²) >= 11 is 1.66. The highest BCUT2D eigenvalue weighted by Gasteiger charge is 2.38. The molecule has 4 rings (SSSR count). The summed E-state index contributed by atoms with van der Waals surface area (Å²) in [7, 11) is 0. The van der Waals surface area contributed by atoms with E-state index in [1.807, 2.05) is 0 Å². The average molecular weight is 245 g/mol. The number of benzene rings is 1. The van der Waals surface area contributed by atoms with Crippen molar-refractivity contribution in [1.82, 2.24) is 9.69 Å². The third kappa shape index (κ3) is 1.40. The molecular weight excluding hydrogens is 230 g/mol. The molecule has 3 nitrogen and oxygen atoms in total. The van der Waals surface area contributed by atoms with Gasteiger partial charge in [-0.15, -0.1) is 0 Å². The summed E-state index contributed by atoms with van der Waals surface area (Å²) in [6, 6.07) is 9.18. The van der Waals surface area contributed by atoms with Crippen LogP contribution in [0, 0.1) is 5.92 Å². The molecule has 88 valence electrons. The topological polar surface area (TPSA) is 28.2 Å². The highest BCUT2D eigenvalue weighted by molar-refractivity contribution is 7.11. The first-order chi connectivity index (χ1) is 8.43. The van der Waals surface area contributed by atoms with E-state index in [0.717, 1.165) is 18.0 Å². The number of fused-ring (bicyclic) bond motifs is 2. The van der Waals surface area contributed by atoms with Crippen LogP contribution in [-0.4, -0.2) is 30.0 Å². The number of nitrogens with one attached hydrogen (secondary N) is 1. The van der Waals surface area contributed by atoms with Gasteiger partial charge in [-0.25, -0.2) is 0 Å². The maximum atomic E-state index is 4.56. The van der Waals surface area contributed by atoms with Gasteiger partial charge in [0.05, 0.1) is 5.52 Å². The highest BCUT2D eigenvalue weighted by atomic mass is 32.1. The zero-order chi connectivity index (χ0) is 11.2. The van der Waals surface area contributed by atoms with Crippen molar-refractivity contribution >= 4 is 27.4 Å². The molecule has 0 radical (unpaired) electrons. The molecule has 2 aromatic rings. The summed E-state index contributed by atoms with van der Waals surface area (Å²) in [6.45, 7) is 3.53. The van der Waals surface area contributed by atoms with E-state index in [0.29, 0.717) is 6.04 Å². The minimum absolute atomic E-state index is 0.693. The zero-order valence-corrected chi connectivity index (χ0v) is 10.4. The lowest BCUT2D eigenvalue weighted by Crippen LogP contribution is -2.33. The molecule has 0 amide bonds. The maximum absolute atomic E-state index is 4.56. The largest absolute Gasteiger partial charge is 0.357 e. The lowest BCUT2D eigenvalue weighted by molar-refractivity contribution is 0.579. The van der Waals surface area contributed by atoms with Gasteiger partial charge in [-0.05, 0) is 36.0 Å². The second-order valence-electron chi connectivity index (χ2n) is 4.97. The minimum Gasteiger partial charge on any atom is -0.357 e. The van der Waals surface area contributed by atoms with Gasteiger partial charge in [0.15, 0.2) is 0 Å². The molecule has 2 aliphatic heterocycles. The maximum Gasteiger partial charge on any atom is 0.120 e. The SMILES string of the molecule is c1ccc2c(N3CC[C@H]4CNC[C@H]43)snc2c1. The smallest absolute Gasteiger partial charge is 0.120 e. The molecule has 0 bridgehead atoms. The summed E-state index contributed by atoms with van der Waals surface area (Å²) < 4.78 is 4.56. The number of aromatic nitrogens is 1. The third-order valence-corrected chi connectivity index (χ3v) is 4.99. The average Bonchev–Trinajstić information content (AvgIpc) is 3.02. The number of anilines is 1. The fourth-order valence-corrected chi connectivity index (χ4v) is 4.13. The minimum atomic E-state index is 0.693. The van der Waals surface area contributed by atoms with E-state index < -0.39 is 0 Å². The van der Waals surface area contributed by atoms with Crippen molar-refractivity contribution in [2.75, 3.05) is 24.5 Å². The Morgan fingerprint density at radius 3 is 3.24 bits per heavy atom. The molecule has 0 saturated carbocycles. The Morgan fingerprint density at radius 2 is 2.24 bits per heavy atom. The molecule has 0 spiro atoms. The second-order valence-corrected chi connectivity index (χ2v) is 5.72. The summed E-state index contributed by atoms with van der Waals surface area (Å²) in [5.41, 5.74) is 1.14. The van der Waals surface area contributed by atoms with Gasteiger partial charge in [-0.2, -0.15) is 4.37 Å². The van der Waals surface area contributed by atoms with Crippen LogP contribution in [0.4, 0.5) is 5.00 Å². The van der Waals surface area contributed by atoms with Crippen LogP contribution in [0.25, 0.3) is 10.9 Å². The van der Waals surface area contributed by atoms with Gasteiger partial charge in [0.25, 0.3) is 0 Å². The predicted molar refractivity (Wildman–Crippen MR) is 71.7 cm³/mol. The molecule has 1 aromatic heterocycles. The Kier molecular flexibility index (Phi) is 2.13. The van der Waals surface area contributed by atoms with Gasteiger partial charge in [0.1, 0.15) is 5.00 Å². The van der Waals surface area contributed by atoms with Crippen LogP contribution < -0.4 is 10.2 Å². The van der Waals surface area contributed by atoms with E-state index in [1.165, 1.54) is 29.9 Å². The predicted octanol–water partition coefficient (Wildman–Crippen LogP) is 2.09. The second kappa shape index (κ2) is 3.68. The summed E-state index contributed by atoms with van der Waals surface area (Å²) in [4.78, 5) is 2.57. The molecule has 2 aliphatic rings. The van der Waals surface area contributed by atoms with Gasteiger partial charge in [0, 0.05) is 31.1 Å². The quantitative estimate of drug-likeness (QED) is 0.834. The van der Waals surface area contributed by atoms with Crippen LogP contribution in [0.1, 0.15) is 6.42 Å². The van der Waals surface area contributed by atoms with Crippen molar-refractivity contribution < 1.29 is 0 Å². The Labute approximate surface area is 105 Å². The van der Waals surface area contributed by atoms with E-state index in [4.69, 9.17) is 0 Å². The molecule has 1 N–H and O–H groups in total. The Morgan fingerprint density at radius 1 is 1.29 bits per heavy atom. The van der Waals surface area contributed by atoms with Crippen LogP contribution in [0.3, 0.4) is 0 Å². The Hall–Kier alpha value is -1.13.